The predicted octanol–water partition coefficient (Wildman–Crippen LogP) is 1.62. The first-order chi connectivity index (χ1) is 8.31. The summed E-state index contributed by atoms with van der Waals surface area (Å²) in [4.78, 5) is 17.8. The summed E-state index contributed by atoms with van der Waals surface area (Å²) >= 11 is 5.85. The number of halogens is 1. The fourth-order valence-corrected chi connectivity index (χ4v) is 1.53. The van der Waals surface area contributed by atoms with Gasteiger partial charge in [0.15, 0.2) is 0 Å². The van der Waals surface area contributed by atoms with Crippen LogP contribution in [0.4, 0.5) is 5.82 Å². The Kier molecular flexibility index (Phi) is 4.53. The van der Waals surface area contributed by atoms with Crippen molar-refractivity contribution in [1.29, 1.82) is 0 Å². The summed E-state index contributed by atoms with van der Waals surface area (Å²) in [7, 11) is 3.35. The Balaban J connectivity index is 3.07. The van der Waals surface area contributed by atoms with E-state index in [0.29, 0.717) is 11.4 Å². The summed E-state index contributed by atoms with van der Waals surface area (Å²) in [6, 6.07) is 3.13. The van der Waals surface area contributed by atoms with E-state index in [1.165, 1.54) is 11.0 Å². The Hall–Kier alpha value is -1.33. The maximum absolute atomic E-state index is 12.3. The molecule has 6 heteroatoms. The molecule has 0 fully saturated rings. The third-order valence-electron chi connectivity index (χ3n) is 2.90. The van der Waals surface area contributed by atoms with Crippen molar-refractivity contribution in [2.75, 3.05) is 26.0 Å². The number of carbonyl (C=O) groups excluding carboxylic acids is 1. The smallest absolute Gasteiger partial charge is 0.254 e. The van der Waals surface area contributed by atoms with Gasteiger partial charge >= 0.3 is 0 Å². The summed E-state index contributed by atoms with van der Waals surface area (Å²) in [5.41, 5.74) is -0.199. The zero-order chi connectivity index (χ0) is 13.9. The van der Waals surface area contributed by atoms with E-state index in [9.17, 15) is 9.90 Å². The number of amides is 1. The molecule has 0 aliphatic carbocycles. The van der Waals surface area contributed by atoms with Crippen LogP contribution in [0.1, 0.15) is 24.2 Å². The van der Waals surface area contributed by atoms with Gasteiger partial charge in [0.05, 0.1) is 12.1 Å². The van der Waals surface area contributed by atoms with Gasteiger partial charge in [-0.2, -0.15) is 0 Å². The Morgan fingerprint density at radius 3 is 2.67 bits per heavy atom. The fraction of sp³-hybridized carbons (Fsp3) is 0.500. The van der Waals surface area contributed by atoms with Gasteiger partial charge in [-0.25, -0.2) is 4.98 Å². The zero-order valence-electron chi connectivity index (χ0n) is 11.0. The van der Waals surface area contributed by atoms with Crippen LogP contribution in [0.5, 0.6) is 0 Å². The summed E-state index contributed by atoms with van der Waals surface area (Å²) in [6.45, 7) is 3.45. The highest BCUT2D eigenvalue weighted by Crippen LogP contribution is 2.19. The van der Waals surface area contributed by atoms with Crippen molar-refractivity contribution >= 4 is 23.3 Å². The number of carbonyl (C=O) groups is 1. The maximum atomic E-state index is 12.3. The van der Waals surface area contributed by atoms with Crippen LogP contribution in [0.2, 0.25) is 5.15 Å². The van der Waals surface area contributed by atoms with Crippen molar-refractivity contribution in [3.8, 4) is 0 Å². The second kappa shape index (κ2) is 5.54. The van der Waals surface area contributed by atoms with Gasteiger partial charge in [0.1, 0.15) is 11.0 Å². The lowest BCUT2D eigenvalue weighted by molar-refractivity contribution is 0.0473. The molecule has 0 aromatic carbocycles. The minimum absolute atomic E-state index is 0.118. The molecule has 1 amide bonds. The van der Waals surface area contributed by atoms with Crippen molar-refractivity contribution in [1.82, 2.24) is 9.88 Å². The van der Waals surface area contributed by atoms with E-state index in [1.54, 1.807) is 34.0 Å². The molecule has 0 aliphatic heterocycles. The Labute approximate surface area is 112 Å². The SMILES string of the molecule is CNc1cc(C(=O)N(C)C(C)(C)CO)cc(Cl)n1. The number of anilines is 1. The highest BCUT2D eigenvalue weighted by Gasteiger charge is 2.27. The number of pyridine rings is 1. The van der Waals surface area contributed by atoms with Gasteiger partial charge < -0.3 is 15.3 Å². The molecule has 0 saturated heterocycles. The van der Waals surface area contributed by atoms with E-state index in [0.717, 1.165) is 0 Å². The van der Waals surface area contributed by atoms with Crippen LogP contribution in [0, 0.1) is 0 Å². The van der Waals surface area contributed by atoms with Crippen LogP contribution in [0.3, 0.4) is 0 Å². The van der Waals surface area contributed by atoms with Crippen LogP contribution < -0.4 is 5.32 Å². The van der Waals surface area contributed by atoms with E-state index in [4.69, 9.17) is 11.6 Å². The second-order valence-corrected chi connectivity index (χ2v) is 5.04. The molecule has 1 aromatic heterocycles. The van der Waals surface area contributed by atoms with Crippen LogP contribution in [-0.4, -0.2) is 47.1 Å². The number of aromatic nitrogens is 1. The molecular formula is C12H18ClN3O2. The summed E-state index contributed by atoms with van der Waals surface area (Å²) in [5, 5.41) is 12.4. The monoisotopic (exact) mass is 271 g/mol. The van der Waals surface area contributed by atoms with E-state index < -0.39 is 5.54 Å². The molecule has 5 nitrogen and oxygen atoms in total. The minimum Gasteiger partial charge on any atom is -0.394 e. The zero-order valence-corrected chi connectivity index (χ0v) is 11.7. The van der Waals surface area contributed by atoms with E-state index in [-0.39, 0.29) is 17.7 Å². The van der Waals surface area contributed by atoms with E-state index in [1.807, 2.05) is 0 Å². The molecule has 0 spiro atoms. The molecule has 0 radical (unpaired) electrons. The maximum Gasteiger partial charge on any atom is 0.254 e. The number of aliphatic hydroxyl groups is 1. The molecule has 0 aliphatic rings. The van der Waals surface area contributed by atoms with E-state index in [2.05, 4.69) is 10.3 Å². The quantitative estimate of drug-likeness (QED) is 0.817. The van der Waals surface area contributed by atoms with E-state index >= 15 is 0 Å². The van der Waals surface area contributed by atoms with Gasteiger partial charge in [0.25, 0.3) is 5.91 Å². The number of hydrogen-bond acceptors (Lipinski definition) is 4. The molecule has 1 heterocycles. The first-order valence-electron chi connectivity index (χ1n) is 5.56. The van der Waals surface area contributed by atoms with Crippen LogP contribution in [0.15, 0.2) is 12.1 Å². The first-order valence-corrected chi connectivity index (χ1v) is 5.94. The van der Waals surface area contributed by atoms with Gasteiger partial charge in [-0.3, -0.25) is 4.79 Å². The molecule has 1 aromatic rings. The lowest BCUT2D eigenvalue weighted by atomic mass is 10.0. The minimum atomic E-state index is -0.632. The highest BCUT2D eigenvalue weighted by atomic mass is 35.5. The third-order valence-corrected chi connectivity index (χ3v) is 3.09. The van der Waals surface area contributed by atoms with Crippen molar-refractivity contribution in [2.24, 2.45) is 0 Å². The summed E-state index contributed by atoms with van der Waals surface area (Å²) in [5.74, 6) is 0.316. The van der Waals surface area contributed by atoms with Crippen molar-refractivity contribution in [2.45, 2.75) is 19.4 Å². The molecule has 0 saturated carbocycles. The topological polar surface area (TPSA) is 65.5 Å². The largest absolute Gasteiger partial charge is 0.394 e. The molecule has 18 heavy (non-hydrogen) atoms. The number of rotatable bonds is 4. The Morgan fingerprint density at radius 1 is 1.56 bits per heavy atom. The number of nitrogens with one attached hydrogen (secondary N) is 1. The molecule has 0 unspecified atom stereocenters. The number of hydrogen-bond donors (Lipinski definition) is 2. The highest BCUT2D eigenvalue weighted by molar-refractivity contribution is 6.29. The van der Waals surface area contributed by atoms with Crippen molar-refractivity contribution in [3.05, 3.63) is 22.8 Å². The molecule has 0 atom stereocenters. The van der Waals surface area contributed by atoms with Gasteiger partial charge in [-0.1, -0.05) is 11.6 Å². The van der Waals surface area contributed by atoms with Crippen LogP contribution in [-0.2, 0) is 0 Å². The lowest BCUT2D eigenvalue weighted by Crippen LogP contribution is -2.47. The Bertz CT molecular complexity index is 449. The average molecular weight is 272 g/mol. The molecular weight excluding hydrogens is 254 g/mol. The molecule has 1 rings (SSSR count). The fourth-order valence-electron chi connectivity index (χ4n) is 1.32. The standard InChI is InChI=1S/C12H18ClN3O2/c1-12(2,7-17)16(4)11(18)8-5-9(13)15-10(6-8)14-3/h5-6,17H,7H2,1-4H3,(H,14,15). The predicted molar refractivity (Wildman–Crippen MR) is 72.1 cm³/mol. The summed E-state index contributed by atoms with van der Waals surface area (Å²) < 4.78 is 0. The van der Waals surface area contributed by atoms with Gasteiger partial charge in [0.2, 0.25) is 0 Å². The van der Waals surface area contributed by atoms with Crippen LogP contribution in [0.25, 0.3) is 0 Å². The number of likely N-dealkylation sites (N-methyl/N-ethyl adjacent to an activating group) is 1. The van der Waals surface area contributed by atoms with Crippen LogP contribution >= 0.6 is 11.6 Å². The first kappa shape index (κ1) is 14.7. The number of nitrogens with zero attached hydrogens (tertiary/aromatic N) is 2. The van der Waals surface area contributed by atoms with Crippen molar-refractivity contribution in [3.63, 3.8) is 0 Å². The second-order valence-electron chi connectivity index (χ2n) is 4.65. The Morgan fingerprint density at radius 2 is 2.17 bits per heavy atom. The van der Waals surface area contributed by atoms with Gasteiger partial charge in [-0.15, -0.1) is 0 Å². The lowest BCUT2D eigenvalue weighted by Gasteiger charge is -2.34. The average Bonchev–Trinajstić information content (AvgIpc) is 2.36. The van der Waals surface area contributed by atoms with Crippen molar-refractivity contribution < 1.29 is 9.90 Å². The number of aliphatic hydroxyl groups excluding tert-OH is 1. The third kappa shape index (κ3) is 3.11. The molecule has 0 bridgehead atoms. The van der Waals surface area contributed by atoms with Gasteiger partial charge in [0, 0.05) is 19.7 Å². The van der Waals surface area contributed by atoms with Gasteiger partial charge in [-0.05, 0) is 26.0 Å². The molecule has 100 valence electrons. The molecule has 2 N–H and O–H groups in total. The normalized spacial score (nSPS) is 11.2. The summed E-state index contributed by atoms with van der Waals surface area (Å²) in [6.07, 6.45) is 0.